The van der Waals surface area contributed by atoms with Crippen LogP contribution in [0.15, 0.2) is 0 Å². The van der Waals surface area contributed by atoms with Gasteiger partial charge in [0.15, 0.2) is 0 Å². The lowest BCUT2D eigenvalue weighted by Gasteiger charge is -2.35. The third-order valence-electron chi connectivity index (χ3n) is 3.48. The molecule has 1 rings (SSSR count). The molecule has 1 saturated heterocycles. The van der Waals surface area contributed by atoms with E-state index in [1.54, 1.807) is 11.8 Å². The molecule has 20 heavy (non-hydrogen) atoms. The van der Waals surface area contributed by atoms with E-state index in [4.69, 9.17) is 9.47 Å². The summed E-state index contributed by atoms with van der Waals surface area (Å²) in [5, 5.41) is 0. The molecule has 0 spiro atoms. The smallest absolute Gasteiger partial charge is 0.410 e. The van der Waals surface area contributed by atoms with Gasteiger partial charge in [-0.1, -0.05) is 6.92 Å². The number of rotatable bonds is 3. The number of ether oxygens (including phenoxy) is 2. The summed E-state index contributed by atoms with van der Waals surface area (Å²) in [4.78, 5) is 25.6. The molecule has 5 nitrogen and oxygen atoms in total. The first kappa shape index (κ1) is 16.8. The Kier molecular flexibility index (Phi) is 5.84. The first-order chi connectivity index (χ1) is 9.24. The van der Waals surface area contributed by atoms with Crippen LogP contribution in [0.1, 0.15) is 47.5 Å². The number of nitrogens with zero attached hydrogens (tertiary/aromatic N) is 1. The molecular weight excluding hydrogens is 258 g/mol. The van der Waals surface area contributed by atoms with Crippen LogP contribution in [0.5, 0.6) is 0 Å². The average molecular weight is 285 g/mol. The third-order valence-corrected chi connectivity index (χ3v) is 3.48. The van der Waals surface area contributed by atoms with Crippen molar-refractivity contribution in [3.05, 3.63) is 0 Å². The highest BCUT2D eigenvalue weighted by Gasteiger charge is 2.33. The second-order valence-electron chi connectivity index (χ2n) is 6.37. The summed E-state index contributed by atoms with van der Waals surface area (Å²) in [5.74, 6) is -0.209. The highest BCUT2D eigenvalue weighted by atomic mass is 16.6. The molecular formula is C15H27NO4. The molecule has 0 aromatic heterocycles. The van der Waals surface area contributed by atoms with E-state index in [-0.39, 0.29) is 23.9 Å². The van der Waals surface area contributed by atoms with Crippen molar-refractivity contribution in [2.24, 2.45) is 11.8 Å². The zero-order chi connectivity index (χ0) is 15.3. The van der Waals surface area contributed by atoms with Gasteiger partial charge in [-0.2, -0.15) is 0 Å². The standard InChI is InChI=1S/C15H27NO4/c1-6-19-13(17)11(2)12-8-7-9-16(10-12)14(18)20-15(3,4)5/h11-12H,6-10H2,1-5H3. The van der Waals surface area contributed by atoms with Crippen molar-refractivity contribution in [2.75, 3.05) is 19.7 Å². The SMILES string of the molecule is CCOC(=O)C(C)C1CCCN(C(=O)OC(C)(C)C)C1. The van der Waals surface area contributed by atoms with E-state index in [0.29, 0.717) is 19.7 Å². The van der Waals surface area contributed by atoms with Gasteiger partial charge in [0.2, 0.25) is 0 Å². The quantitative estimate of drug-likeness (QED) is 0.748. The van der Waals surface area contributed by atoms with Crippen molar-refractivity contribution in [3.63, 3.8) is 0 Å². The lowest BCUT2D eigenvalue weighted by molar-refractivity contribution is -0.150. The fourth-order valence-corrected chi connectivity index (χ4v) is 2.38. The highest BCUT2D eigenvalue weighted by molar-refractivity contribution is 5.73. The van der Waals surface area contributed by atoms with Crippen molar-refractivity contribution in [2.45, 2.75) is 53.1 Å². The van der Waals surface area contributed by atoms with Gasteiger partial charge >= 0.3 is 12.1 Å². The van der Waals surface area contributed by atoms with Crippen molar-refractivity contribution in [1.29, 1.82) is 0 Å². The molecule has 1 fully saturated rings. The van der Waals surface area contributed by atoms with Gasteiger partial charge in [0.1, 0.15) is 5.60 Å². The van der Waals surface area contributed by atoms with Crippen LogP contribution in [0, 0.1) is 11.8 Å². The number of hydrogen-bond donors (Lipinski definition) is 0. The van der Waals surface area contributed by atoms with Crippen molar-refractivity contribution in [1.82, 2.24) is 4.90 Å². The topological polar surface area (TPSA) is 55.8 Å². The van der Waals surface area contributed by atoms with E-state index in [9.17, 15) is 9.59 Å². The van der Waals surface area contributed by atoms with Gasteiger partial charge in [0.25, 0.3) is 0 Å². The molecule has 2 unspecified atom stereocenters. The molecule has 0 aromatic carbocycles. The summed E-state index contributed by atoms with van der Waals surface area (Å²) in [5.41, 5.74) is -0.489. The molecule has 1 aliphatic heterocycles. The largest absolute Gasteiger partial charge is 0.466 e. The van der Waals surface area contributed by atoms with Crippen LogP contribution in [-0.4, -0.2) is 42.3 Å². The second-order valence-corrected chi connectivity index (χ2v) is 6.37. The molecule has 1 aliphatic rings. The summed E-state index contributed by atoms with van der Waals surface area (Å²) < 4.78 is 10.4. The van der Waals surface area contributed by atoms with Crippen LogP contribution < -0.4 is 0 Å². The molecule has 0 aromatic rings. The molecule has 0 aliphatic carbocycles. The number of carbonyl (C=O) groups is 2. The van der Waals surface area contributed by atoms with E-state index in [1.807, 2.05) is 27.7 Å². The Morgan fingerprint density at radius 1 is 1.35 bits per heavy atom. The maximum absolute atomic E-state index is 12.1. The van der Waals surface area contributed by atoms with Crippen LogP contribution in [0.2, 0.25) is 0 Å². The first-order valence-electron chi connectivity index (χ1n) is 7.39. The first-order valence-corrected chi connectivity index (χ1v) is 7.39. The van der Waals surface area contributed by atoms with Gasteiger partial charge in [0.05, 0.1) is 12.5 Å². The normalized spacial score (nSPS) is 21.2. The van der Waals surface area contributed by atoms with Crippen LogP contribution in [0.4, 0.5) is 4.79 Å². The number of hydrogen-bond acceptors (Lipinski definition) is 4. The number of amides is 1. The Hall–Kier alpha value is -1.26. The fraction of sp³-hybridized carbons (Fsp3) is 0.867. The predicted octanol–water partition coefficient (Wildman–Crippen LogP) is 2.83. The summed E-state index contributed by atoms with van der Waals surface area (Å²) >= 11 is 0. The average Bonchev–Trinajstić information content (AvgIpc) is 2.36. The Morgan fingerprint density at radius 2 is 2.00 bits per heavy atom. The second kappa shape index (κ2) is 6.95. The predicted molar refractivity (Wildman–Crippen MR) is 76.3 cm³/mol. The van der Waals surface area contributed by atoms with Gasteiger partial charge in [-0.15, -0.1) is 0 Å². The van der Waals surface area contributed by atoms with Crippen molar-refractivity contribution < 1.29 is 19.1 Å². The Bertz CT molecular complexity index is 348. The summed E-state index contributed by atoms with van der Waals surface area (Å²) in [6.45, 7) is 10.9. The fourth-order valence-electron chi connectivity index (χ4n) is 2.38. The van der Waals surface area contributed by atoms with E-state index >= 15 is 0 Å². The van der Waals surface area contributed by atoms with Crippen LogP contribution >= 0.6 is 0 Å². The molecule has 0 N–H and O–H groups in total. The van der Waals surface area contributed by atoms with E-state index < -0.39 is 5.60 Å². The van der Waals surface area contributed by atoms with E-state index in [2.05, 4.69) is 0 Å². The zero-order valence-electron chi connectivity index (χ0n) is 13.3. The highest BCUT2D eigenvalue weighted by Crippen LogP contribution is 2.26. The molecule has 1 heterocycles. The number of likely N-dealkylation sites (tertiary alicyclic amines) is 1. The Morgan fingerprint density at radius 3 is 2.55 bits per heavy atom. The Labute approximate surface area is 121 Å². The zero-order valence-corrected chi connectivity index (χ0v) is 13.3. The monoisotopic (exact) mass is 285 g/mol. The van der Waals surface area contributed by atoms with Crippen molar-refractivity contribution >= 4 is 12.1 Å². The molecule has 0 saturated carbocycles. The van der Waals surface area contributed by atoms with Crippen molar-refractivity contribution in [3.8, 4) is 0 Å². The van der Waals surface area contributed by atoms with Gasteiger partial charge in [-0.3, -0.25) is 4.79 Å². The molecule has 5 heteroatoms. The van der Waals surface area contributed by atoms with Gasteiger partial charge in [-0.05, 0) is 46.5 Å². The minimum Gasteiger partial charge on any atom is -0.466 e. The van der Waals surface area contributed by atoms with Crippen LogP contribution in [-0.2, 0) is 14.3 Å². The maximum atomic E-state index is 12.1. The minimum atomic E-state index is -0.489. The third kappa shape index (κ3) is 5.02. The van der Waals surface area contributed by atoms with Gasteiger partial charge in [-0.25, -0.2) is 4.79 Å². The molecule has 0 radical (unpaired) electrons. The summed E-state index contributed by atoms with van der Waals surface area (Å²) in [6, 6.07) is 0. The summed E-state index contributed by atoms with van der Waals surface area (Å²) in [7, 11) is 0. The Balaban J connectivity index is 2.58. The van der Waals surface area contributed by atoms with Gasteiger partial charge < -0.3 is 14.4 Å². The molecule has 2 atom stereocenters. The molecule has 116 valence electrons. The van der Waals surface area contributed by atoms with Gasteiger partial charge in [0, 0.05) is 13.1 Å². The lowest BCUT2D eigenvalue weighted by atomic mass is 9.87. The number of esters is 1. The minimum absolute atomic E-state index is 0.148. The summed E-state index contributed by atoms with van der Waals surface area (Å²) in [6.07, 6.45) is 1.55. The number of carbonyl (C=O) groups excluding carboxylic acids is 2. The maximum Gasteiger partial charge on any atom is 0.410 e. The van der Waals surface area contributed by atoms with E-state index in [0.717, 1.165) is 12.8 Å². The van der Waals surface area contributed by atoms with Crippen LogP contribution in [0.25, 0.3) is 0 Å². The van der Waals surface area contributed by atoms with Crippen LogP contribution in [0.3, 0.4) is 0 Å². The molecule has 0 bridgehead atoms. The number of piperidine rings is 1. The molecule has 1 amide bonds. The van der Waals surface area contributed by atoms with E-state index in [1.165, 1.54) is 0 Å². The lowest BCUT2D eigenvalue weighted by Crippen LogP contribution is -2.45.